The first-order valence-corrected chi connectivity index (χ1v) is 16.4. The van der Waals surface area contributed by atoms with Gasteiger partial charge in [0.15, 0.2) is 5.69 Å². The number of hydrazine groups is 1. The second-order valence-electron chi connectivity index (χ2n) is 12.4. The summed E-state index contributed by atoms with van der Waals surface area (Å²) in [6, 6.07) is 11.5. The molecule has 1 unspecified atom stereocenters. The summed E-state index contributed by atoms with van der Waals surface area (Å²) in [7, 11) is -3.16. The van der Waals surface area contributed by atoms with Crippen molar-refractivity contribution >= 4 is 22.1 Å². The molecule has 0 spiro atoms. The highest BCUT2D eigenvalue weighted by Gasteiger charge is 2.35. The van der Waals surface area contributed by atoms with Crippen molar-refractivity contribution < 1.29 is 50.5 Å². The molecule has 1 amide bonds. The van der Waals surface area contributed by atoms with Crippen molar-refractivity contribution in [1.82, 2.24) is 19.5 Å². The number of hydrogen-bond donors (Lipinski definition) is 1. The van der Waals surface area contributed by atoms with Crippen molar-refractivity contribution in [3.63, 3.8) is 0 Å². The first kappa shape index (κ1) is 38.6. The Kier molecular flexibility index (Phi) is 11.9. The van der Waals surface area contributed by atoms with Crippen LogP contribution in [0.15, 0.2) is 64.8 Å². The van der Waals surface area contributed by atoms with Crippen LogP contribution in [-0.2, 0) is 35.3 Å². The standard InChI is InChI=1S/C31H39F3N6O8S/c1-19(2)26(38(8)40(43)37-48-21(4)47-28(41)30(5,6)7)18-46-29(42)36-49(44,45)24-15-13-23(14-16-24)39-25(17-27(35-39)31(32,33)34)22-11-9-20(3)10-12-22/h9-17,19,21,26H,18H2,1-8H3,(H,36,42)/b40-37-/t21?,26-/m1/s1. The van der Waals surface area contributed by atoms with E-state index in [4.69, 9.17) is 14.3 Å². The van der Waals surface area contributed by atoms with Gasteiger partial charge < -0.3 is 14.7 Å². The number of carbonyl (C=O) groups is 2. The van der Waals surface area contributed by atoms with E-state index < -0.39 is 58.3 Å². The number of rotatable bonds is 12. The van der Waals surface area contributed by atoms with Crippen molar-refractivity contribution in [3.05, 3.63) is 71.1 Å². The molecule has 2 atom stereocenters. The average molecular weight is 713 g/mol. The molecule has 0 fully saturated rings. The van der Waals surface area contributed by atoms with Gasteiger partial charge in [-0.3, -0.25) is 9.63 Å². The molecule has 2 aromatic carbocycles. The molecule has 18 heteroatoms. The first-order valence-electron chi connectivity index (χ1n) is 14.9. The number of ether oxygens (including phenoxy) is 2. The highest BCUT2D eigenvalue weighted by atomic mass is 32.2. The van der Waals surface area contributed by atoms with E-state index in [2.05, 4.69) is 10.4 Å². The van der Waals surface area contributed by atoms with E-state index in [1.165, 1.54) is 26.1 Å². The Hall–Kier alpha value is -4.87. The average Bonchev–Trinajstić information content (AvgIpc) is 3.46. The van der Waals surface area contributed by atoms with Gasteiger partial charge in [-0.1, -0.05) is 43.7 Å². The van der Waals surface area contributed by atoms with Crippen LogP contribution in [0.3, 0.4) is 0 Å². The number of nitrogens with one attached hydrogen (secondary N) is 1. The number of halogens is 3. The van der Waals surface area contributed by atoms with Gasteiger partial charge in [0.25, 0.3) is 16.3 Å². The number of aromatic nitrogens is 2. The summed E-state index contributed by atoms with van der Waals surface area (Å²) in [4.78, 5) is 29.1. The van der Waals surface area contributed by atoms with Crippen LogP contribution in [0.25, 0.3) is 16.9 Å². The second-order valence-corrected chi connectivity index (χ2v) is 14.1. The number of esters is 1. The maximum absolute atomic E-state index is 13.5. The van der Waals surface area contributed by atoms with E-state index >= 15 is 0 Å². The number of aryl methyl sites for hydroxylation is 1. The number of likely N-dealkylation sites (N-methyl/N-ethyl adjacent to an activating group) is 1. The molecule has 0 aliphatic rings. The van der Waals surface area contributed by atoms with Crippen LogP contribution in [0, 0.1) is 23.5 Å². The fourth-order valence-corrected chi connectivity index (χ4v) is 5.03. The van der Waals surface area contributed by atoms with Gasteiger partial charge in [0, 0.05) is 12.5 Å². The molecule has 0 aliphatic carbocycles. The number of nitrogens with zero attached hydrogens (tertiary/aromatic N) is 5. The van der Waals surface area contributed by atoms with E-state index in [-0.39, 0.29) is 27.2 Å². The van der Waals surface area contributed by atoms with Crippen LogP contribution in [-0.4, -0.2) is 66.2 Å². The molecule has 0 aliphatic heterocycles. The lowest BCUT2D eigenvalue weighted by Gasteiger charge is -2.26. The SMILES string of the molecule is Cc1ccc(-c2cc(C(F)(F)F)nn2-c2ccc(S(=O)(=O)NC(=O)OC[C@H](C(C)C)N(C)/[N+]([O-])=N/OC(C)OC(=O)C(C)(C)C)cc2)cc1. The number of sulfonamides is 1. The van der Waals surface area contributed by atoms with Gasteiger partial charge in [-0.05, 0) is 63.9 Å². The monoisotopic (exact) mass is 712 g/mol. The highest BCUT2D eigenvalue weighted by molar-refractivity contribution is 7.90. The highest BCUT2D eigenvalue weighted by Crippen LogP contribution is 2.33. The third-order valence-corrected chi connectivity index (χ3v) is 8.34. The number of alkyl halides is 3. The van der Waals surface area contributed by atoms with Crippen molar-refractivity contribution in [2.75, 3.05) is 13.7 Å². The van der Waals surface area contributed by atoms with E-state index in [1.807, 2.05) is 6.92 Å². The predicted octanol–water partition coefficient (Wildman–Crippen LogP) is 5.98. The molecule has 14 nitrogen and oxygen atoms in total. The summed E-state index contributed by atoms with van der Waals surface area (Å²) in [5, 5.41) is 20.6. The number of benzene rings is 2. The Morgan fingerprint density at radius 1 is 1.06 bits per heavy atom. The largest absolute Gasteiger partial charge is 0.569 e. The maximum Gasteiger partial charge on any atom is 0.435 e. The Balaban J connectivity index is 1.69. The third kappa shape index (κ3) is 10.3. The first-order chi connectivity index (χ1) is 22.6. The fraction of sp³-hybridized carbons (Fsp3) is 0.452. The number of hydrogen-bond acceptors (Lipinski definition) is 10. The molecule has 0 saturated heterocycles. The topological polar surface area (TPSA) is 167 Å². The molecular weight excluding hydrogens is 673 g/mol. The molecule has 1 N–H and O–H groups in total. The second kappa shape index (κ2) is 15.1. The van der Waals surface area contributed by atoms with Gasteiger partial charge in [-0.25, -0.2) is 22.6 Å². The number of amides is 1. The van der Waals surface area contributed by atoms with E-state index in [1.54, 1.807) is 63.6 Å². The molecule has 0 saturated carbocycles. The lowest BCUT2D eigenvalue weighted by molar-refractivity contribution is -0.716. The van der Waals surface area contributed by atoms with E-state index in [0.717, 1.165) is 33.5 Å². The van der Waals surface area contributed by atoms with Crippen LogP contribution in [0.1, 0.15) is 52.8 Å². The normalized spacial score (nSPS) is 13.8. The van der Waals surface area contributed by atoms with Crippen molar-refractivity contribution in [3.8, 4) is 16.9 Å². The molecule has 3 rings (SSSR count). The summed E-state index contributed by atoms with van der Waals surface area (Å²) in [6.45, 7) is 11.1. The minimum atomic E-state index is -4.72. The minimum absolute atomic E-state index is 0.0627. The Bertz CT molecular complexity index is 1750. The minimum Gasteiger partial charge on any atom is -0.569 e. The van der Waals surface area contributed by atoms with Crippen LogP contribution in [0.5, 0.6) is 0 Å². The molecule has 0 radical (unpaired) electrons. The molecule has 49 heavy (non-hydrogen) atoms. The van der Waals surface area contributed by atoms with Gasteiger partial charge in [-0.15, -0.1) is 5.01 Å². The lowest BCUT2D eigenvalue weighted by Crippen LogP contribution is -2.45. The summed E-state index contributed by atoms with van der Waals surface area (Å²) in [6.07, 6.45) is -7.25. The molecule has 268 valence electrons. The van der Waals surface area contributed by atoms with Gasteiger partial charge in [0.2, 0.25) is 5.28 Å². The van der Waals surface area contributed by atoms with Gasteiger partial charge in [0.05, 0.1) is 33.7 Å². The molecule has 3 aromatic rings. The van der Waals surface area contributed by atoms with Gasteiger partial charge >= 0.3 is 18.2 Å². The summed E-state index contributed by atoms with van der Waals surface area (Å²) < 4.78 is 79.5. The van der Waals surface area contributed by atoms with Crippen LogP contribution >= 0.6 is 0 Å². The molecule has 1 aromatic heterocycles. The van der Waals surface area contributed by atoms with Gasteiger partial charge in [0.1, 0.15) is 12.6 Å². The van der Waals surface area contributed by atoms with Crippen LogP contribution < -0.4 is 4.72 Å². The smallest absolute Gasteiger partial charge is 0.435 e. The van der Waals surface area contributed by atoms with Gasteiger partial charge in [-0.2, -0.15) is 18.3 Å². The van der Waals surface area contributed by atoms with Crippen LogP contribution in [0.4, 0.5) is 18.0 Å². The third-order valence-electron chi connectivity index (χ3n) is 7.01. The zero-order valence-electron chi connectivity index (χ0n) is 28.2. The predicted molar refractivity (Wildman–Crippen MR) is 169 cm³/mol. The number of carbonyl (C=O) groups excluding carboxylic acids is 2. The molecule has 0 bridgehead atoms. The van der Waals surface area contributed by atoms with E-state index in [0.29, 0.717) is 5.56 Å². The summed E-state index contributed by atoms with van der Waals surface area (Å²) in [5.74, 6) is -0.884. The Morgan fingerprint density at radius 3 is 2.18 bits per heavy atom. The van der Waals surface area contributed by atoms with Crippen molar-refractivity contribution in [2.45, 2.75) is 71.9 Å². The van der Waals surface area contributed by atoms with Crippen LogP contribution in [0.2, 0.25) is 0 Å². The summed E-state index contributed by atoms with van der Waals surface area (Å²) in [5.41, 5.74) is -0.320. The van der Waals surface area contributed by atoms with Crippen molar-refractivity contribution in [2.24, 2.45) is 16.6 Å². The zero-order valence-corrected chi connectivity index (χ0v) is 29.0. The Labute approximate surface area is 282 Å². The quantitative estimate of drug-likeness (QED) is 0.0775. The van der Waals surface area contributed by atoms with Crippen molar-refractivity contribution in [1.29, 1.82) is 0 Å². The Morgan fingerprint density at radius 2 is 1.65 bits per heavy atom. The lowest BCUT2D eigenvalue weighted by atomic mass is 9.97. The van der Waals surface area contributed by atoms with E-state index in [9.17, 15) is 36.4 Å². The summed E-state index contributed by atoms with van der Waals surface area (Å²) >= 11 is 0. The maximum atomic E-state index is 13.5. The molecule has 1 heterocycles. The molecular formula is C31H39F3N6O8S. The fourth-order valence-electron chi connectivity index (χ4n) is 4.14. The zero-order chi connectivity index (χ0) is 36.9.